The largest absolute Gasteiger partial charge is 0.338 e. The van der Waals surface area contributed by atoms with Gasteiger partial charge in [-0.3, -0.25) is 10.1 Å². The fraction of sp³-hybridized carbons (Fsp3) is 0.667. The number of urea groups is 1. The van der Waals surface area contributed by atoms with E-state index in [9.17, 15) is 9.59 Å². The first-order valence-electron chi connectivity index (χ1n) is 6.90. The van der Waals surface area contributed by atoms with Crippen LogP contribution in [0, 0.1) is 0 Å². The zero-order valence-corrected chi connectivity index (χ0v) is 13.4. The van der Waals surface area contributed by atoms with Crippen molar-refractivity contribution >= 4 is 23.7 Å². The molecule has 0 fully saturated rings. The lowest BCUT2D eigenvalue weighted by molar-refractivity contribution is -0.119. The lowest BCUT2D eigenvalue weighted by Gasteiger charge is -2.12. The van der Waals surface area contributed by atoms with Crippen molar-refractivity contribution in [2.24, 2.45) is 5.73 Å². The fourth-order valence-electron chi connectivity index (χ4n) is 1.64. The van der Waals surface area contributed by atoms with Crippen LogP contribution in [0.2, 0.25) is 0 Å². The van der Waals surface area contributed by atoms with Crippen molar-refractivity contribution < 1.29 is 9.59 Å². The van der Waals surface area contributed by atoms with E-state index in [-0.39, 0.29) is 5.91 Å². The van der Waals surface area contributed by atoms with Crippen LogP contribution in [0.3, 0.4) is 0 Å². The van der Waals surface area contributed by atoms with E-state index in [4.69, 9.17) is 5.73 Å². The first kappa shape index (κ1) is 17.4. The number of hydrogen-bond acceptors (Lipinski definition) is 6. The van der Waals surface area contributed by atoms with Crippen LogP contribution < -0.4 is 16.4 Å². The molecule has 9 heteroatoms. The van der Waals surface area contributed by atoms with Gasteiger partial charge in [0.15, 0.2) is 5.16 Å². The van der Waals surface area contributed by atoms with E-state index in [1.54, 1.807) is 13.8 Å². The van der Waals surface area contributed by atoms with Crippen molar-refractivity contribution in [2.45, 2.75) is 50.7 Å². The van der Waals surface area contributed by atoms with E-state index in [1.165, 1.54) is 11.8 Å². The Morgan fingerprint density at radius 2 is 2.10 bits per heavy atom. The highest BCUT2D eigenvalue weighted by molar-refractivity contribution is 8.00. The molecule has 0 aliphatic rings. The van der Waals surface area contributed by atoms with Crippen LogP contribution in [0.1, 0.15) is 33.0 Å². The minimum absolute atomic E-state index is 0.299. The number of rotatable bonds is 7. The standard InChI is InChI=1S/C12H22N6O2S/c1-4-6-18-9(7-13)16-17-12(18)21-8(3)10(19)15-11(20)14-5-2/h8H,4-7,13H2,1-3H3,(H2,14,15,19,20). The van der Waals surface area contributed by atoms with Gasteiger partial charge in [0.05, 0.1) is 11.8 Å². The zero-order chi connectivity index (χ0) is 15.8. The molecule has 4 N–H and O–H groups in total. The number of amides is 3. The molecule has 1 aromatic rings. The van der Waals surface area contributed by atoms with Crippen molar-refractivity contribution in [1.82, 2.24) is 25.4 Å². The second-order valence-corrected chi connectivity index (χ2v) is 5.67. The third kappa shape index (κ3) is 5.01. The molecule has 0 radical (unpaired) electrons. The van der Waals surface area contributed by atoms with Gasteiger partial charge >= 0.3 is 6.03 Å². The SMILES string of the molecule is CCCn1c(CN)nnc1SC(C)C(=O)NC(=O)NCC. The van der Waals surface area contributed by atoms with Crippen LogP contribution in [0.5, 0.6) is 0 Å². The van der Waals surface area contributed by atoms with Gasteiger partial charge in [0.1, 0.15) is 5.82 Å². The third-order valence-electron chi connectivity index (χ3n) is 2.65. The minimum atomic E-state index is -0.493. The predicted molar refractivity (Wildman–Crippen MR) is 80.7 cm³/mol. The zero-order valence-electron chi connectivity index (χ0n) is 12.5. The molecule has 1 atom stereocenters. The summed E-state index contributed by atoms with van der Waals surface area (Å²) in [5.41, 5.74) is 5.62. The molecule has 0 aliphatic carbocycles. The summed E-state index contributed by atoms with van der Waals surface area (Å²) < 4.78 is 1.90. The number of imide groups is 1. The summed E-state index contributed by atoms with van der Waals surface area (Å²) in [6, 6.07) is -0.493. The van der Waals surface area contributed by atoms with Crippen molar-refractivity contribution in [3.63, 3.8) is 0 Å². The number of carbonyl (C=O) groups is 2. The first-order chi connectivity index (χ1) is 10.0. The van der Waals surface area contributed by atoms with Gasteiger partial charge in [-0.25, -0.2) is 4.79 Å². The maximum atomic E-state index is 11.9. The molecule has 21 heavy (non-hydrogen) atoms. The Labute approximate surface area is 128 Å². The summed E-state index contributed by atoms with van der Waals surface area (Å²) >= 11 is 1.26. The third-order valence-corrected chi connectivity index (χ3v) is 3.73. The van der Waals surface area contributed by atoms with Gasteiger partial charge < -0.3 is 15.6 Å². The monoisotopic (exact) mass is 314 g/mol. The van der Waals surface area contributed by atoms with Crippen molar-refractivity contribution in [1.29, 1.82) is 0 Å². The molecule has 0 aromatic carbocycles. The quantitative estimate of drug-likeness (QED) is 0.630. The van der Waals surface area contributed by atoms with Gasteiger partial charge in [-0.2, -0.15) is 0 Å². The van der Waals surface area contributed by atoms with E-state index in [0.717, 1.165) is 13.0 Å². The number of nitrogens with one attached hydrogen (secondary N) is 2. The van der Waals surface area contributed by atoms with Gasteiger partial charge in [0, 0.05) is 13.1 Å². The van der Waals surface area contributed by atoms with Crippen LogP contribution in [0.15, 0.2) is 5.16 Å². The summed E-state index contributed by atoms with van der Waals surface area (Å²) in [5.74, 6) is 0.321. The smallest absolute Gasteiger partial charge is 0.321 e. The number of nitrogens with two attached hydrogens (primary N) is 1. The molecule has 8 nitrogen and oxygen atoms in total. The van der Waals surface area contributed by atoms with Gasteiger partial charge in [-0.15, -0.1) is 10.2 Å². The predicted octanol–water partition coefficient (Wildman–Crippen LogP) is 0.473. The van der Waals surface area contributed by atoms with E-state index in [1.807, 2.05) is 11.5 Å². The summed E-state index contributed by atoms with van der Waals surface area (Å²) in [5, 5.41) is 13.0. The first-order valence-corrected chi connectivity index (χ1v) is 7.78. The summed E-state index contributed by atoms with van der Waals surface area (Å²) in [7, 11) is 0. The maximum absolute atomic E-state index is 11.9. The molecule has 0 saturated carbocycles. The second kappa shape index (κ2) is 8.63. The lowest BCUT2D eigenvalue weighted by Crippen LogP contribution is -2.42. The summed E-state index contributed by atoms with van der Waals surface area (Å²) in [6.07, 6.45) is 0.915. The fourth-order valence-corrected chi connectivity index (χ4v) is 2.53. The average Bonchev–Trinajstić information content (AvgIpc) is 2.81. The van der Waals surface area contributed by atoms with Crippen LogP contribution in [-0.4, -0.2) is 38.5 Å². The average molecular weight is 314 g/mol. The molecule has 118 valence electrons. The Balaban J connectivity index is 2.69. The molecule has 1 unspecified atom stereocenters. The van der Waals surface area contributed by atoms with E-state index < -0.39 is 11.3 Å². The van der Waals surface area contributed by atoms with Gasteiger partial charge in [0.25, 0.3) is 0 Å². The summed E-state index contributed by atoms with van der Waals surface area (Å²) in [6.45, 7) is 7.04. The van der Waals surface area contributed by atoms with Crippen molar-refractivity contribution in [2.75, 3.05) is 6.54 Å². The van der Waals surface area contributed by atoms with E-state index >= 15 is 0 Å². The number of hydrogen-bond donors (Lipinski definition) is 3. The Kier molecular flexibility index (Phi) is 7.17. The minimum Gasteiger partial charge on any atom is -0.338 e. The molecule has 3 amide bonds. The molecule has 0 spiro atoms. The van der Waals surface area contributed by atoms with Gasteiger partial charge in [-0.05, 0) is 20.3 Å². The number of thioether (sulfide) groups is 1. The molecular formula is C12H22N6O2S. The normalized spacial score (nSPS) is 12.0. The van der Waals surface area contributed by atoms with Crippen LogP contribution >= 0.6 is 11.8 Å². The Morgan fingerprint density at radius 1 is 1.38 bits per heavy atom. The van der Waals surface area contributed by atoms with Crippen LogP contribution in [0.25, 0.3) is 0 Å². The molecule has 0 bridgehead atoms. The van der Waals surface area contributed by atoms with Crippen LogP contribution in [-0.2, 0) is 17.9 Å². The molecule has 0 saturated heterocycles. The van der Waals surface area contributed by atoms with E-state index in [2.05, 4.69) is 20.8 Å². The van der Waals surface area contributed by atoms with E-state index in [0.29, 0.717) is 24.1 Å². The second-order valence-electron chi connectivity index (χ2n) is 4.36. The molecule has 1 rings (SSSR count). The number of aromatic nitrogens is 3. The highest BCUT2D eigenvalue weighted by Crippen LogP contribution is 2.22. The van der Waals surface area contributed by atoms with Gasteiger partial charge in [0.2, 0.25) is 5.91 Å². The maximum Gasteiger partial charge on any atom is 0.321 e. The molecule has 1 heterocycles. The van der Waals surface area contributed by atoms with Crippen molar-refractivity contribution in [3.05, 3.63) is 5.82 Å². The molecule has 1 aromatic heterocycles. The summed E-state index contributed by atoms with van der Waals surface area (Å²) in [4.78, 5) is 23.2. The highest BCUT2D eigenvalue weighted by atomic mass is 32.2. The highest BCUT2D eigenvalue weighted by Gasteiger charge is 2.20. The van der Waals surface area contributed by atoms with Gasteiger partial charge in [-0.1, -0.05) is 18.7 Å². The topological polar surface area (TPSA) is 115 Å². The number of nitrogens with zero attached hydrogens (tertiary/aromatic N) is 3. The Bertz CT molecular complexity index is 490. The molecule has 0 aliphatic heterocycles. The van der Waals surface area contributed by atoms with Crippen molar-refractivity contribution in [3.8, 4) is 0 Å². The van der Waals surface area contributed by atoms with Crippen LogP contribution in [0.4, 0.5) is 4.79 Å². The Hall–Kier alpha value is -1.61. The lowest BCUT2D eigenvalue weighted by atomic mass is 10.4. The Morgan fingerprint density at radius 3 is 2.67 bits per heavy atom. The number of carbonyl (C=O) groups excluding carboxylic acids is 2. The molecular weight excluding hydrogens is 292 g/mol.